The van der Waals surface area contributed by atoms with Crippen molar-refractivity contribution in [1.82, 2.24) is 4.98 Å². The second-order valence-electron chi connectivity index (χ2n) is 3.53. The summed E-state index contributed by atoms with van der Waals surface area (Å²) in [5.41, 5.74) is 0.763. The third kappa shape index (κ3) is 3.07. The Bertz CT molecular complexity index is 505. The van der Waals surface area contributed by atoms with E-state index in [1.165, 1.54) is 11.3 Å². The number of aryl methyl sites for hydroxylation is 1. The van der Waals surface area contributed by atoms with Gasteiger partial charge in [0.25, 0.3) is 0 Å². The number of nitrogens with one attached hydrogen (secondary N) is 1. The number of hydrogen-bond acceptors (Lipinski definition) is 5. The van der Waals surface area contributed by atoms with Crippen molar-refractivity contribution in [3.63, 3.8) is 0 Å². The van der Waals surface area contributed by atoms with Gasteiger partial charge in [-0.05, 0) is 19.1 Å². The van der Waals surface area contributed by atoms with E-state index in [-0.39, 0.29) is 6.42 Å². The molecule has 0 spiro atoms. The minimum atomic E-state index is -0.839. The van der Waals surface area contributed by atoms with Gasteiger partial charge < -0.3 is 14.8 Å². The maximum Gasteiger partial charge on any atom is 0.308 e. The fraction of sp³-hybridized carbons (Fsp3) is 0.273. The number of carboxylic acids is 1. The zero-order valence-corrected chi connectivity index (χ0v) is 10.1. The van der Waals surface area contributed by atoms with Gasteiger partial charge in [-0.2, -0.15) is 0 Å². The number of aromatic nitrogens is 1. The molecule has 2 heterocycles. The first kappa shape index (κ1) is 11.7. The molecule has 0 saturated carbocycles. The van der Waals surface area contributed by atoms with Crippen LogP contribution in [0.1, 0.15) is 16.3 Å². The Hall–Kier alpha value is -1.82. The van der Waals surface area contributed by atoms with E-state index in [1.807, 2.05) is 19.1 Å². The van der Waals surface area contributed by atoms with Crippen LogP contribution in [0.25, 0.3) is 0 Å². The Morgan fingerprint density at radius 1 is 1.65 bits per heavy atom. The SMILES string of the molecule is Cc1nc(NCc2ccco2)sc1CC(=O)O. The summed E-state index contributed by atoms with van der Waals surface area (Å²) in [5.74, 6) is -0.0213. The molecule has 2 aromatic heterocycles. The smallest absolute Gasteiger partial charge is 0.308 e. The van der Waals surface area contributed by atoms with Crippen molar-refractivity contribution in [3.8, 4) is 0 Å². The number of aliphatic carboxylic acids is 1. The number of rotatable bonds is 5. The van der Waals surface area contributed by atoms with Gasteiger partial charge in [0.2, 0.25) is 0 Å². The summed E-state index contributed by atoms with van der Waals surface area (Å²) in [6, 6.07) is 3.69. The monoisotopic (exact) mass is 252 g/mol. The summed E-state index contributed by atoms with van der Waals surface area (Å²) >= 11 is 1.36. The molecule has 0 aliphatic carbocycles. The van der Waals surface area contributed by atoms with Crippen LogP contribution in [-0.4, -0.2) is 16.1 Å². The summed E-state index contributed by atoms with van der Waals surface area (Å²) in [4.78, 5) is 15.7. The number of carbonyl (C=O) groups is 1. The number of hydrogen-bond donors (Lipinski definition) is 2. The molecular formula is C11H12N2O3S. The van der Waals surface area contributed by atoms with Crippen molar-refractivity contribution in [1.29, 1.82) is 0 Å². The largest absolute Gasteiger partial charge is 0.481 e. The third-order valence-corrected chi connectivity index (χ3v) is 3.31. The summed E-state index contributed by atoms with van der Waals surface area (Å²) in [7, 11) is 0. The Balaban J connectivity index is 1.99. The van der Waals surface area contributed by atoms with Crippen molar-refractivity contribution in [3.05, 3.63) is 34.7 Å². The first-order valence-corrected chi connectivity index (χ1v) is 5.91. The van der Waals surface area contributed by atoms with Crippen molar-refractivity contribution >= 4 is 22.4 Å². The van der Waals surface area contributed by atoms with Crippen molar-refractivity contribution in [2.45, 2.75) is 19.9 Å². The van der Waals surface area contributed by atoms with Crippen LogP contribution in [0.2, 0.25) is 0 Å². The molecule has 5 nitrogen and oxygen atoms in total. The van der Waals surface area contributed by atoms with Crippen molar-refractivity contribution < 1.29 is 14.3 Å². The van der Waals surface area contributed by atoms with Crippen molar-refractivity contribution in [2.75, 3.05) is 5.32 Å². The topological polar surface area (TPSA) is 75.4 Å². The van der Waals surface area contributed by atoms with Crippen LogP contribution < -0.4 is 5.32 Å². The van der Waals surface area contributed by atoms with Crippen LogP contribution in [-0.2, 0) is 17.8 Å². The van der Waals surface area contributed by atoms with E-state index >= 15 is 0 Å². The number of thiazole rings is 1. The second kappa shape index (κ2) is 5.01. The number of furan rings is 1. The van der Waals surface area contributed by atoms with Crippen LogP contribution in [0.15, 0.2) is 22.8 Å². The molecule has 0 fully saturated rings. The molecule has 0 bridgehead atoms. The lowest BCUT2D eigenvalue weighted by atomic mass is 10.3. The maximum absolute atomic E-state index is 10.6. The van der Waals surface area contributed by atoms with Crippen LogP contribution in [0.3, 0.4) is 0 Å². The second-order valence-corrected chi connectivity index (χ2v) is 4.61. The van der Waals surface area contributed by atoms with Crippen LogP contribution in [0.5, 0.6) is 0 Å². The van der Waals surface area contributed by atoms with E-state index in [2.05, 4.69) is 10.3 Å². The molecule has 0 aromatic carbocycles. The molecule has 0 aliphatic rings. The molecule has 17 heavy (non-hydrogen) atoms. The number of anilines is 1. The average molecular weight is 252 g/mol. The number of nitrogens with zero attached hydrogens (tertiary/aromatic N) is 1. The molecule has 0 atom stereocenters. The molecule has 0 amide bonds. The van der Waals surface area contributed by atoms with E-state index in [4.69, 9.17) is 9.52 Å². The number of carboxylic acid groups (broad SMARTS) is 1. The summed E-state index contributed by atoms with van der Waals surface area (Å²) in [6.45, 7) is 2.36. The van der Waals surface area contributed by atoms with Crippen LogP contribution in [0.4, 0.5) is 5.13 Å². The first-order chi connectivity index (χ1) is 8.15. The van der Waals surface area contributed by atoms with E-state index in [1.54, 1.807) is 6.26 Å². The third-order valence-electron chi connectivity index (χ3n) is 2.20. The molecule has 0 radical (unpaired) electrons. The maximum atomic E-state index is 10.6. The van der Waals surface area contributed by atoms with Gasteiger partial charge in [0.05, 0.1) is 24.9 Å². The minimum Gasteiger partial charge on any atom is -0.481 e. The van der Waals surface area contributed by atoms with Crippen LogP contribution in [0, 0.1) is 6.92 Å². The zero-order chi connectivity index (χ0) is 12.3. The predicted molar refractivity (Wildman–Crippen MR) is 64.2 cm³/mol. The minimum absolute atomic E-state index is 0.0198. The first-order valence-electron chi connectivity index (χ1n) is 5.09. The van der Waals surface area contributed by atoms with E-state index in [0.717, 1.165) is 21.5 Å². The molecule has 0 saturated heterocycles. The van der Waals surface area contributed by atoms with Gasteiger partial charge in [0, 0.05) is 4.88 Å². The lowest BCUT2D eigenvalue weighted by molar-refractivity contribution is -0.136. The van der Waals surface area contributed by atoms with Gasteiger partial charge in [-0.25, -0.2) is 4.98 Å². The van der Waals surface area contributed by atoms with Gasteiger partial charge in [-0.3, -0.25) is 4.79 Å². The quantitative estimate of drug-likeness (QED) is 0.853. The zero-order valence-electron chi connectivity index (χ0n) is 9.27. The molecule has 2 N–H and O–H groups in total. The lowest BCUT2D eigenvalue weighted by Crippen LogP contribution is -1.99. The highest BCUT2D eigenvalue weighted by molar-refractivity contribution is 7.15. The molecule has 90 valence electrons. The summed E-state index contributed by atoms with van der Waals surface area (Å²) < 4.78 is 5.18. The van der Waals surface area contributed by atoms with Gasteiger partial charge in [-0.1, -0.05) is 0 Å². The standard InChI is InChI=1S/C11H12N2O3S/c1-7-9(5-10(14)15)17-11(13-7)12-6-8-3-2-4-16-8/h2-4H,5-6H2,1H3,(H,12,13)(H,14,15). The summed E-state index contributed by atoms with van der Waals surface area (Å²) in [6.07, 6.45) is 1.63. The highest BCUT2D eigenvalue weighted by Crippen LogP contribution is 2.23. The Morgan fingerprint density at radius 2 is 2.47 bits per heavy atom. The summed E-state index contributed by atoms with van der Waals surface area (Å²) in [5, 5.41) is 12.5. The van der Waals surface area contributed by atoms with Gasteiger partial charge in [0.1, 0.15) is 5.76 Å². The average Bonchev–Trinajstić information content (AvgIpc) is 2.86. The Kier molecular flexibility index (Phi) is 3.43. The predicted octanol–water partition coefficient (Wildman–Crippen LogP) is 2.28. The van der Waals surface area contributed by atoms with Gasteiger partial charge >= 0.3 is 5.97 Å². The lowest BCUT2D eigenvalue weighted by Gasteiger charge is -1.97. The van der Waals surface area contributed by atoms with E-state index in [0.29, 0.717) is 6.54 Å². The van der Waals surface area contributed by atoms with Gasteiger partial charge in [0.15, 0.2) is 5.13 Å². The fourth-order valence-corrected chi connectivity index (χ4v) is 2.33. The highest BCUT2D eigenvalue weighted by atomic mass is 32.1. The molecular weight excluding hydrogens is 240 g/mol. The molecule has 2 rings (SSSR count). The fourth-order valence-electron chi connectivity index (χ4n) is 1.38. The van der Waals surface area contributed by atoms with E-state index in [9.17, 15) is 4.79 Å². The molecule has 0 aliphatic heterocycles. The van der Waals surface area contributed by atoms with E-state index < -0.39 is 5.97 Å². The Morgan fingerprint density at radius 3 is 3.12 bits per heavy atom. The molecule has 6 heteroatoms. The molecule has 0 unspecified atom stereocenters. The Labute approximate surface area is 102 Å². The highest BCUT2D eigenvalue weighted by Gasteiger charge is 2.10. The van der Waals surface area contributed by atoms with Crippen molar-refractivity contribution in [2.24, 2.45) is 0 Å². The van der Waals surface area contributed by atoms with Gasteiger partial charge in [-0.15, -0.1) is 11.3 Å². The normalized spacial score (nSPS) is 10.4. The molecule has 2 aromatic rings. The van der Waals surface area contributed by atoms with Crippen LogP contribution >= 0.6 is 11.3 Å².